The highest BCUT2D eigenvalue weighted by atomic mass is 19.2. The van der Waals surface area contributed by atoms with Crippen molar-refractivity contribution < 1.29 is 19.0 Å². The van der Waals surface area contributed by atoms with Crippen molar-refractivity contribution in [2.45, 2.75) is 0 Å². The zero-order valence-corrected chi connectivity index (χ0v) is 6.51. The predicted molar refractivity (Wildman–Crippen MR) is 42.0 cm³/mol. The maximum atomic E-state index is 12.6. The molecule has 0 atom stereocenters. The van der Waals surface area contributed by atoms with Gasteiger partial charge in [-0.05, 0) is 6.07 Å². The highest BCUT2D eigenvalue weighted by Crippen LogP contribution is 2.19. The highest BCUT2D eigenvalue weighted by molar-refractivity contribution is 5.45. The lowest BCUT2D eigenvalue weighted by atomic mass is 10.2. The number of hydrogen-bond acceptors (Lipinski definition) is 2. The molecule has 0 bridgehead atoms. The van der Waals surface area contributed by atoms with E-state index in [4.69, 9.17) is 10.2 Å². The minimum atomic E-state index is -1.13. The summed E-state index contributed by atoms with van der Waals surface area (Å²) in [5, 5.41) is 17.4. The van der Waals surface area contributed by atoms with Gasteiger partial charge in [0, 0.05) is 6.07 Å². The summed E-state index contributed by atoms with van der Waals surface area (Å²) in [4.78, 5) is 0. The van der Waals surface area contributed by atoms with Crippen molar-refractivity contribution in [3.8, 4) is 17.6 Å². The minimum Gasteiger partial charge on any atom is -0.507 e. The van der Waals surface area contributed by atoms with Crippen LogP contribution in [-0.2, 0) is 0 Å². The normalized spacial score (nSPS) is 9.15. The van der Waals surface area contributed by atoms with Gasteiger partial charge in [0.05, 0.1) is 5.56 Å². The molecule has 0 aliphatic carbocycles. The van der Waals surface area contributed by atoms with Gasteiger partial charge in [0.15, 0.2) is 11.6 Å². The summed E-state index contributed by atoms with van der Waals surface area (Å²) in [5.41, 5.74) is -0.0482. The van der Waals surface area contributed by atoms with Gasteiger partial charge in [0.2, 0.25) is 0 Å². The van der Waals surface area contributed by atoms with E-state index in [9.17, 15) is 8.78 Å². The van der Waals surface area contributed by atoms with Gasteiger partial charge in [0.25, 0.3) is 0 Å². The molecule has 0 radical (unpaired) electrons. The van der Waals surface area contributed by atoms with E-state index in [0.717, 1.165) is 6.07 Å². The average Bonchev–Trinajstić information content (AvgIpc) is 2.09. The summed E-state index contributed by atoms with van der Waals surface area (Å²) in [7, 11) is 0. The zero-order chi connectivity index (χ0) is 9.84. The van der Waals surface area contributed by atoms with E-state index in [1.165, 1.54) is 0 Å². The number of halogens is 2. The summed E-state index contributed by atoms with van der Waals surface area (Å²) in [6.45, 7) is -0.404. The lowest BCUT2D eigenvalue weighted by Gasteiger charge is -1.97. The first-order valence-electron chi connectivity index (χ1n) is 3.43. The van der Waals surface area contributed by atoms with Crippen LogP contribution in [0.3, 0.4) is 0 Å². The van der Waals surface area contributed by atoms with Crippen LogP contribution in [0.5, 0.6) is 5.75 Å². The molecule has 2 N–H and O–H groups in total. The molecule has 2 nitrogen and oxygen atoms in total. The van der Waals surface area contributed by atoms with Crippen LogP contribution >= 0.6 is 0 Å². The zero-order valence-electron chi connectivity index (χ0n) is 6.51. The van der Waals surface area contributed by atoms with E-state index in [1.54, 1.807) is 0 Å². The molecule has 1 aromatic rings. The molecule has 13 heavy (non-hydrogen) atoms. The molecule has 0 aliphatic heterocycles. The summed E-state index contributed by atoms with van der Waals surface area (Å²) < 4.78 is 25.0. The number of hydrogen-bond donors (Lipinski definition) is 2. The van der Waals surface area contributed by atoms with Crippen molar-refractivity contribution in [2.75, 3.05) is 6.61 Å². The number of phenolic OH excluding ortho intramolecular Hbond substituents is 1. The third-order valence-corrected chi connectivity index (χ3v) is 1.34. The molecule has 0 saturated heterocycles. The van der Waals surface area contributed by atoms with E-state index in [1.807, 2.05) is 0 Å². The molecule has 4 heteroatoms. The maximum absolute atomic E-state index is 12.6. The lowest BCUT2D eigenvalue weighted by molar-refractivity contribution is 0.350. The predicted octanol–water partition coefficient (Wildman–Crippen LogP) is 1.01. The Morgan fingerprint density at radius 3 is 2.46 bits per heavy atom. The van der Waals surface area contributed by atoms with E-state index >= 15 is 0 Å². The Labute approximate surface area is 73.4 Å². The van der Waals surface area contributed by atoms with Crippen LogP contribution in [0.1, 0.15) is 5.56 Å². The van der Waals surface area contributed by atoms with Crippen LogP contribution in [-0.4, -0.2) is 16.8 Å². The number of rotatable bonds is 0. The fraction of sp³-hybridized carbons (Fsp3) is 0.111. The van der Waals surface area contributed by atoms with Gasteiger partial charge in [-0.1, -0.05) is 11.8 Å². The molecule has 1 rings (SSSR count). The van der Waals surface area contributed by atoms with Crippen molar-refractivity contribution in [2.24, 2.45) is 0 Å². The van der Waals surface area contributed by atoms with E-state index in [-0.39, 0.29) is 5.56 Å². The molecule has 1 aromatic carbocycles. The third kappa shape index (κ3) is 2.17. The standard InChI is InChI=1S/C9H6F2O2/c10-7-4-6(2-1-3-12)9(13)5-8(7)11/h4-5,12-13H,3H2. The Kier molecular flexibility index (Phi) is 2.83. The molecule has 0 spiro atoms. The van der Waals surface area contributed by atoms with Crippen molar-refractivity contribution in [1.29, 1.82) is 0 Å². The second kappa shape index (κ2) is 3.87. The number of aromatic hydroxyl groups is 1. The summed E-state index contributed by atoms with van der Waals surface area (Å²) in [5.74, 6) is 1.82. The summed E-state index contributed by atoms with van der Waals surface area (Å²) in [6, 6.07) is 1.41. The van der Waals surface area contributed by atoms with Crippen LogP contribution in [0.2, 0.25) is 0 Å². The van der Waals surface area contributed by atoms with E-state index in [2.05, 4.69) is 11.8 Å². The number of phenols is 1. The van der Waals surface area contributed by atoms with Crippen molar-refractivity contribution in [3.63, 3.8) is 0 Å². The summed E-state index contributed by atoms with van der Waals surface area (Å²) >= 11 is 0. The average molecular weight is 184 g/mol. The molecular weight excluding hydrogens is 178 g/mol. The Hall–Kier alpha value is -1.60. The maximum Gasteiger partial charge on any atom is 0.162 e. The second-order valence-corrected chi connectivity index (χ2v) is 2.24. The fourth-order valence-electron chi connectivity index (χ4n) is 0.771. The first-order chi connectivity index (χ1) is 6.15. The molecule has 0 fully saturated rings. The molecule has 0 aromatic heterocycles. The van der Waals surface area contributed by atoms with Gasteiger partial charge in [-0.3, -0.25) is 0 Å². The van der Waals surface area contributed by atoms with E-state index in [0.29, 0.717) is 6.07 Å². The Balaban J connectivity index is 3.16. The molecule has 68 valence electrons. The summed E-state index contributed by atoms with van der Waals surface area (Å²) in [6.07, 6.45) is 0. The monoisotopic (exact) mass is 184 g/mol. The molecule has 0 saturated carbocycles. The smallest absolute Gasteiger partial charge is 0.162 e. The number of aliphatic hydroxyl groups excluding tert-OH is 1. The van der Waals surface area contributed by atoms with Gasteiger partial charge in [-0.15, -0.1) is 0 Å². The van der Waals surface area contributed by atoms with Gasteiger partial charge in [-0.2, -0.15) is 0 Å². The van der Waals surface area contributed by atoms with Crippen LogP contribution < -0.4 is 0 Å². The fourth-order valence-corrected chi connectivity index (χ4v) is 0.771. The van der Waals surface area contributed by atoms with Crippen LogP contribution in [0.15, 0.2) is 12.1 Å². The largest absolute Gasteiger partial charge is 0.507 e. The van der Waals surface area contributed by atoms with Crippen molar-refractivity contribution >= 4 is 0 Å². The van der Waals surface area contributed by atoms with Crippen molar-refractivity contribution in [3.05, 3.63) is 29.3 Å². The quantitative estimate of drug-likeness (QED) is 0.591. The Morgan fingerprint density at radius 1 is 1.23 bits per heavy atom. The minimum absolute atomic E-state index is 0.0482. The van der Waals surface area contributed by atoms with Crippen LogP contribution in [0, 0.1) is 23.5 Å². The van der Waals surface area contributed by atoms with Crippen LogP contribution in [0.25, 0.3) is 0 Å². The second-order valence-electron chi connectivity index (χ2n) is 2.24. The molecular formula is C9H6F2O2. The molecule has 0 aliphatic rings. The Morgan fingerprint density at radius 2 is 1.85 bits per heavy atom. The van der Waals surface area contributed by atoms with Gasteiger partial charge in [-0.25, -0.2) is 8.78 Å². The molecule has 0 amide bonds. The topological polar surface area (TPSA) is 40.5 Å². The lowest BCUT2D eigenvalue weighted by Crippen LogP contribution is -1.86. The van der Waals surface area contributed by atoms with Crippen molar-refractivity contribution in [1.82, 2.24) is 0 Å². The first kappa shape index (κ1) is 9.49. The highest BCUT2D eigenvalue weighted by Gasteiger charge is 2.06. The number of aliphatic hydroxyl groups is 1. The van der Waals surface area contributed by atoms with E-state index < -0.39 is 24.0 Å². The van der Waals surface area contributed by atoms with Gasteiger partial charge in [0.1, 0.15) is 12.4 Å². The number of benzene rings is 1. The van der Waals surface area contributed by atoms with Gasteiger partial charge < -0.3 is 10.2 Å². The molecule has 0 heterocycles. The Bertz CT molecular complexity index is 377. The third-order valence-electron chi connectivity index (χ3n) is 1.34. The van der Waals surface area contributed by atoms with Crippen LogP contribution in [0.4, 0.5) is 8.78 Å². The van der Waals surface area contributed by atoms with Gasteiger partial charge >= 0.3 is 0 Å². The first-order valence-corrected chi connectivity index (χ1v) is 3.43. The SMILES string of the molecule is OCC#Cc1cc(F)c(F)cc1O. The molecule has 0 unspecified atom stereocenters.